The van der Waals surface area contributed by atoms with Gasteiger partial charge in [0.2, 0.25) is 0 Å². The number of aliphatic imine (C=N–C) groups is 1. The van der Waals surface area contributed by atoms with Gasteiger partial charge in [-0.3, -0.25) is 14.9 Å². The third kappa shape index (κ3) is 3.33. The molecule has 0 saturated carbocycles. The predicted octanol–water partition coefficient (Wildman–Crippen LogP) is 3.24. The third-order valence-electron chi connectivity index (χ3n) is 3.84. The monoisotopic (exact) mass is 337 g/mol. The first-order valence-electron chi connectivity index (χ1n) is 7.77. The van der Waals surface area contributed by atoms with Gasteiger partial charge in [0.25, 0.3) is 5.56 Å². The molecule has 0 fully saturated rings. The topological polar surface area (TPSA) is 68.6 Å². The Kier molecular flexibility index (Phi) is 4.70. The Morgan fingerprint density at radius 1 is 1.04 bits per heavy atom. The lowest BCUT2D eigenvalue weighted by atomic mass is 10.2. The molecule has 1 heterocycles. The molecule has 0 aliphatic rings. The van der Waals surface area contributed by atoms with Gasteiger partial charge >= 0.3 is 0 Å². The van der Waals surface area contributed by atoms with Crippen molar-refractivity contribution in [1.29, 1.82) is 0 Å². The molecule has 0 saturated heterocycles. The van der Waals surface area contributed by atoms with Crippen molar-refractivity contribution in [1.82, 2.24) is 9.78 Å². The number of nitrogens with zero attached hydrogens (tertiary/aromatic N) is 2. The zero-order valence-electron chi connectivity index (χ0n) is 14.3. The highest BCUT2D eigenvalue weighted by molar-refractivity contribution is 5.83. The number of rotatable bonds is 5. The molecule has 3 aromatic rings. The molecule has 0 bridgehead atoms. The van der Waals surface area contributed by atoms with Crippen molar-refractivity contribution in [3.63, 3.8) is 0 Å². The van der Waals surface area contributed by atoms with Gasteiger partial charge in [-0.05, 0) is 31.2 Å². The summed E-state index contributed by atoms with van der Waals surface area (Å²) in [4.78, 5) is 17.0. The maximum absolute atomic E-state index is 12.6. The van der Waals surface area contributed by atoms with Gasteiger partial charge in [0.05, 0.1) is 31.2 Å². The van der Waals surface area contributed by atoms with Crippen LogP contribution in [0.4, 0.5) is 5.69 Å². The van der Waals surface area contributed by atoms with Crippen LogP contribution in [0.15, 0.2) is 58.3 Å². The van der Waals surface area contributed by atoms with E-state index in [1.165, 1.54) is 4.68 Å². The zero-order valence-corrected chi connectivity index (χ0v) is 14.3. The highest BCUT2D eigenvalue weighted by Gasteiger charge is 2.10. The summed E-state index contributed by atoms with van der Waals surface area (Å²) >= 11 is 0. The normalized spacial score (nSPS) is 11.0. The van der Waals surface area contributed by atoms with Gasteiger partial charge < -0.3 is 9.47 Å². The fraction of sp³-hybridized carbons (Fsp3) is 0.158. The average Bonchev–Trinajstić information content (AvgIpc) is 2.94. The lowest BCUT2D eigenvalue weighted by molar-refractivity contribution is 0.355. The quantitative estimate of drug-likeness (QED) is 0.727. The molecule has 0 amide bonds. The SMILES string of the molecule is COc1ccc(N=Cc2c(C)[nH]n(-c3ccccc3)c2=O)cc1OC. The largest absolute Gasteiger partial charge is 0.493 e. The molecular formula is C19H19N3O3. The summed E-state index contributed by atoms with van der Waals surface area (Å²) in [6, 6.07) is 14.7. The van der Waals surface area contributed by atoms with Crippen LogP contribution >= 0.6 is 0 Å². The zero-order chi connectivity index (χ0) is 17.8. The number of para-hydroxylation sites is 1. The van der Waals surface area contributed by atoms with Crippen LogP contribution in [0.3, 0.4) is 0 Å². The summed E-state index contributed by atoms with van der Waals surface area (Å²) in [6.45, 7) is 1.84. The van der Waals surface area contributed by atoms with Gasteiger partial charge in [0.1, 0.15) is 0 Å². The maximum atomic E-state index is 12.6. The molecule has 1 aromatic heterocycles. The van der Waals surface area contributed by atoms with Crippen molar-refractivity contribution in [2.75, 3.05) is 14.2 Å². The van der Waals surface area contributed by atoms with Crippen molar-refractivity contribution in [3.05, 3.63) is 70.1 Å². The van der Waals surface area contributed by atoms with Crippen LogP contribution in [0, 0.1) is 6.92 Å². The lowest BCUT2D eigenvalue weighted by Crippen LogP contribution is -2.17. The summed E-state index contributed by atoms with van der Waals surface area (Å²) in [5.41, 5.74) is 2.56. The van der Waals surface area contributed by atoms with Crippen LogP contribution in [0.1, 0.15) is 11.3 Å². The van der Waals surface area contributed by atoms with Crippen molar-refractivity contribution >= 4 is 11.9 Å². The lowest BCUT2D eigenvalue weighted by Gasteiger charge is -2.07. The van der Waals surface area contributed by atoms with Crippen LogP contribution in [0.5, 0.6) is 11.5 Å². The van der Waals surface area contributed by atoms with Crippen LogP contribution in [-0.4, -0.2) is 30.2 Å². The number of aromatic amines is 1. The second-order valence-corrected chi connectivity index (χ2v) is 5.42. The number of ether oxygens (including phenoxy) is 2. The van der Waals surface area contributed by atoms with Crippen LogP contribution in [-0.2, 0) is 0 Å². The molecule has 6 nitrogen and oxygen atoms in total. The van der Waals surface area contributed by atoms with Gasteiger partial charge in [-0.1, -0.05) is 18.2 Å². The van der Waals surface area contributed by atoms with Crippen molar-refractivity contribution in [2.24, 2.45) is 4.99 Å². The fourth-order valence-electron chi connectivity index (χ4n) is 2.51. The molecule has 25 heavy (non-hydrogen) atoms. The van der Waals surface area contributed by atoms with Crippen LogP contribution < -0.4 is 15.0 Å². The molecule has 0 atom stereocenters. The number of hydrogen-bond donors (Lipinski definition) is 1. The molecule has 128 valence electrons. The first-order valence-corrected chi connectivity index (χ1v) is 7.77. The second kappa shape index (κ2) is 7.09. The molecule has 2 aromatic carbocycles. The molecule has 0 aliphatic carbocycles. The van der Waals surface area contributed by atoms with E-state index < -0.39 is 0 Å². The van der Waals surface area contributed by atoms with Gasteiger partial charge in [0, 0.05) is 18.0 Å². The minimum Gasteiger partial charge on any atom is -0.493 e. The van der Waals surface area contributed by atoms with E-state index in [2.05, 4.69) is 10.1 Å². The molecule has 3 rings (SSSR count). The number of nitrogens with one attached hydrogen (secondary N) is 1. The molecule has 0 radical (unpaired) electrons. The Morgan fingerprint density at radius 3 is 2.44 bits per heavy atom. The average molecular weight is 337 g/mol. The van der Waals surface area contributed by atoms with E-state index in [4.69, 9.17) is 9.47 Å². The van der Waals surface area contributed by atoms with E-state index in [0.29, 0.717) is 22.7 Å². The summed E-state index contributed by atoms with van der Waals surface area (Å²) in [5.74, 6) is 1.22. The van der Waals surface area contributed by atoms with Gasteiger partial charge in [0.15, 0.2) is 11.5 Å². The number of methoxy groups -OCH3 is 2. The number of aryl methyl sites for hydroxylation is 1. The smallest absolute Gasteiger partial charge is 0.280 e. The summed E-state index contributed by atoms with van der Waals surface area (Å²) in [6.07, 6.45) is 1.56. The van der Waals surface area contributed by atoms with E-state index in [1.54, 1.807) is 38.6 Å². The van der Waals surface area contributed by atoms with E-state index in [0.717, 1.165) is 11.4 Å². The van der Waals surface area contributed by atoms with E-state index >= 15 is 0 Å². The van der Waals surface area contributed by atoms with Crippen molar-refractivity contribution in [2.45, 2.75) is 6.92 Å². The maximum Gasteiger partial charge on any atom is 0.280 e. The van der Waals surface area contributed by atoms with Crippen molar-refractivity contribution < 1.29 is 9.47 Å². The van der Waals surface area contributed by atoms with Gasteiger partial charge in [-0.15, -0.1) is 0 Å². The molecule has 1 N–H and O–H groups in total. The molecule has 6 heteroatoms. The summed E-state index contributed by atoms with van der Waals surface area (Å²) < 4.78 is 12.0. The van der Waals surface area contributed by atoms with E-state index in [1.807, 2.05) is 37.3 Å². The van der Waals surface area contributed by atoms with Crippen LogP contribution in [0.2, 0.25) is 0 Å². The standard InChI is InChI=1S/C19H19N3O3/c1-13-16(19(23)22(21-13)15-7-5-4-6-8-15)12-20-14-9-10-17(24-2)18(11-14)25-3/h4-12,21H,1-3H3. The predicted molar refractivity (Wildman–Crippen MR) is 97.9 cm³/mol. The van der Waals surface area contributed by atoms with Gasteiger partial charge in [-0.2, -0.15) is 0 Å². The van der Waals surface area contributed by atoms with E-state index in [-0.39, 0.29) is 5.56 Å². The Hall–Kier alpha value is -3.28. The summed E-state index contributed by atoms with van der Waals surface area (Å²) in [5, 5.41) is 3.07. The molecule has 0 spiro atoms. The Bertz CT molecular complexity index is 956. The van der Waals surface area contributed by atoms with Gasteiger partial charge in [-0.25, -0.2) is 4.68 Å². The fourth-order valence-corrected chi connectivity index (χ4v) is 2.51. The third-order valence-corrected chi connectivity index (χ3v) is 3.84. The number of hydrogen-bond acceptors (Lipinski definition) is 4. The Balaban J connectivity index is 1.95. The summed E-state index contributed by atoms with van der Waals surface area (Å²) in [7, 11) is 3.15. The Morgan fingerprint density at radius 2 is 1.76 bits per heavy atom. The molecule has 0 aliphatic heterocycles. The van der Waals surface area contributed by atoms with Crippen molar-refractivity contribution in [3.8, 4) is 17.2 Å². The van der Waals surface area contributed by atoms with E-state index in [9.17, 15) is 4.79 Å². The van der Waals surface area contributed by atoms with Crippen LogP contribution in [0.25, 0.3) is 5.69 Å². The first-order chi connectivity index (χ1) is 12.1. The molecule has 0 unspecified atom stereocenters. The first kappa shape index (κ1) is 16.6. The second-order valence-electron chi connectivity index (χ2n) is 5.42. The highest BCUT2D eigenvalue weighted by atomic mass is 16.5. The minimum absolute atomic E-state index is 0.145. The highest BCUT2D eigenvalue weighted by Crippen LogP contribution is 2.30. The minimum atomic E-state index is -0.145. The number of aromatic nitrogens is 2. The number of H-pyrrole nitrogens is 1. The number of benzene rings is 2. The Labute approximate surface area is 145 Å². The molecular weight excluding hydrogens is 318 g/mol.